The highest BCUT2D eigenvalue weighted by atomic mass is 32.2. The average Bonchev–Trinajstić information content (AvgIpc) is 3.01. The monoisotopic (exact) mass is 328 g/mol. The van der Waals surface area contributed by atoms with Crippen molar-refractivity contribution in [3.05, 3.63) is 42.2 Å². The molecule has 2 heterocycles. The summed E-state index contributed by atoms with van der Waals surface area (Å²) in [5, 5.41) is 14.5. The fourth-order valence-electron chi connectivity index (χ4n) is 2.23. The Labute approximate surface area is 137 Å². The van der Waals surface area contributed by atoms with E-state index in [4.69, 9.17) is 4.74 Å². The number of ether oxygens (including phenoxy) is 1. The van der Waals surface area contributed by atoms with Crippen molar-refractivity contribution < 1.29 is 9.53 Å². The summed E-state index contributed by atoms with van der Waals surface area (Å²) in [7, 11) is 0. The van der Waals surface area contributed by atoms with E-state index < -0.39 is 0 Å². The van der Waals surface area contributed by atoms with Crippen molar-refractivity contribution in [3.8, 4) is 5.69 Å². The maximum absolute atomic E-state index is 11.6. The van der Waals surface area contributed by atoms with Crippen LogP contribution in [0.15, 0.2) is 41.6 Å². The highest BCUT2D eigenvalue weighted by Crippen LogP contribution is 2.28. The highest BCUT2D eigenvalue weighted by molar-refractivity contribution is 8.00. The van der Waals surface area contributed by atoms with Gasteiger partial charge in [-0.1, -0.05) is 30.0 Å². The van der Waals surface area contributed by atoms with Crippen LogP contribution in [-0.2, 0) is 9.53 Å². The van der Waals surface area contributed by atoms with Gasteiger partial charge in [-0.05, 0) is 26.0 Å². The minimum atomic E-state index is -0.265. The Hall–Kier alpha value is -2.41. The Balaban J connectivity index is 2.03. The number of aromatic nitrogens is 4. The molecule has 0 N–H and O–H groups in total. The molecule has 0 amide bonds. The predicted molar refractivity (Wildman–Crippen MR) is 88.8 cm³/mol. The topological polar surface area (TPSA) is 69.9 Å². The number of carbonyl (C=O) groups is 1. The number of esters is 1. The van der Waals surface area contributed by atoms with Crippen molar-refractivity contribution >= 4 is 28.6 Å². The van der Waals surface area contributed by atoms with Gasteiger partial charge in [-0.2, -0.15) is 10.2 Å². The third-order valence-corrected chi connectivity index (χ3v) is 4.21. The van der Waals surface area contributed by atoms with E-state index in [1.54, 1.807) is 13.1 Å². The van der Waals surface area contributed by atoms with Crippen LogP contribution in [0.3, 0.4) is 0 Å². The number of carbonyl (C=O) groups excluding carboxylic acids is 1. The maximum atomic E-state index is 11.6. The fraction of sp³-hybridized carbons (Fsp3) is 0.250. The second-order valence-electron chi connectivity index (χ2n) is 4.84. The summed E-state index contributed by atoms with van der Waals surface area (Å²) in [6.45, 7) is 4.05. The Morgan fingerprint density at radius 2 is 2.04 bits per heavy atom. The predicted octanol–water partition coefficient (Wildman–Crippen LogP) is 2.78. The zero-order valence-corrected chi connectivity index (χ0v) is 13.7. The number of hydrogen-bond acceptors (Lipinski definition) is 6. The molecule has 3 aromatic rings. The molecule has 0 aliphatic rings. The van der Waals surface area contributed by atoms with Gasteiger partial charge in [-0.25, -0.2) is 4.68 Å². The Morgan fingerprint density at radius 3 is 2.78 bits per heavy atom. The molecule has 0 aliphatic heterocycles. The van der Waals surface area contributed by atoms with E-state index in [9.17, 15) is 4.79 Å². The molecule has 0 spiro atoms. The largest absolute Gasteiger partial charge is 0.465 e. The van der Waals surface area contributed by atoms with Gasteiger partial charge in [0.25, 0.3) is 0 Å². The molecule has 0 fully saturated rings. The Morgan fingerprint density at radius 1 is 1.26 bits per heavy atom. The van der Waals surface area contributed by atoms with Gasteiger partial charge in [-0.3, -0.25) is 4.79 Å². The van der Waals surface area contributed by atoms with E-state index in [0.29, 0.717) is 11.6 Å². The summed E-state index contributed by atoms with van der Waals surface area (Å²) in [6, 6.07) is 9.81. The van der Waals surface area contributed by atoms with Gasteiger partial charge in [-0.15, -0.1) is 5.10 Å². The summed E-state index contributed by atoms with van der Waals surface area (Å²) >= 11 is 1.31. The molecule has 0 radical (unpaired) electrons. The number of para-hydroxylation sites is 1. The zero-order valence-electron chi connectivity index (χ0n) is 12.9. The lowest BCUT2D eigenvalue weighted by Gasteiger charge is -2.07. The van der Waals surface area contributed by atoms with Crippen LogP contribution in [0.5, 0.6) is 0 Å². The molecule has 118 valence electrons. The summed E-state index contributed by atoms with van der Waals surface area (Å²) in [5.74, 6) is -0.0699. The summed E-state index contributed by atoms with van der Waals surface area (Å²) in [4.78, 5) is 11.6. The average molecular weight is 328 g/mol. The summed E-state index contributed by atoms with van der Waals surface area (Å²) in [6.07, 6.45) is 1.78. The smallest absolute Gasteiger partial charge is 0.316 e. The van der Waals surface area contributed by atoms with Gasteiger partial charge in [0, 0.05) is 5.39 Å². The van der Waals surface area contributed by atoms with Gasteiger partial charge < -0.3 is 4.74 Å². The number of rotatable bonds is 5. The quantitative estimate of drug-likeness (QED) is 0.530. The van der Waals surface area contributed by atoms with Gasteiger partial charge in [0.05, 0.1) is 29.9 Å². The lowest BCUT2D eigenvalue weighted by Crippen LogP contribution is -2.07. The van der Waals surface area contributed by atoms with E-state index in [1.165, 1.54) is 11.8 Å². The van der Waals surface area contributed by atoms with E-state index in [0.717, 1.165) is 22.3 Å². The van der Waals surface area contributed by atoms with Gasteiger partial charge >= 0.3 is 5.97 Å². The first-order chi connectivity index (χ1) is 11.2. The lowest BCUT2D eigenvalue weighted by molar-refractivity contribution is -0.139. The molecule has 0 bridgehead atoms. The molecule has 0 saturated carbocycles. The molecule has 23 heavy (non-hydrogen) atoms. The van der Waals surface area contributed by atoms with Crippen LogP contribution < -0.4 is 0 Å². The van der Waals surface area contributed by atoms with E-state index >= 15 is 0 Å². The first kappa shape index (κ1) is 15.5. The van der Waals surface area contributed by atoms with Gasteiger partial charge in [0.2, 0.25) is 0 Å². The molecular formula is C16H16N4O2S. The molecule has 2 aromatic heterocycles. The first-order valence-corrected chi connectivity index (χ1v) is 8.24. The second kappa shape index (κ2) is 6.78. The third kappa shape index (κ3) is 3.19. The van der Waals surface area contributed by atoms with E-state index in [1.807, 2.05) is 41.9 Å². The van der Waals surface area contributed by atoms with Crippen LogP contribution in [0.25, 0.3) is 16.6 Å². The van der Waals surface area contributed by atoms with Crippen molar-refractivity contribution in [2.45, 2.75) is 18.9 Å². The fourth-order valence-corrected chi connectivity index (χ4v) is 3.00. The van der Waals surface area contributed by atoms with Crippen LogP contribution >= 0.6 is 11.8 Å². The number of aryl methyl sites for hydroxylation is 1. The summed E-state index contributed by atoms with van der Waals surface area (Å²) < 4.78 is 6.79. The molecule has 7 heteroatoms. The maximum Gasteiger partial charge on any atom is 0.316 e. The molecular weight excluding hydrogens is 312 g/mol. The standard InChI is InChI=1S/C16H16N4O2S/c1-3-22-14(21)10-23-16-15-13(11(2)18-19-16)9-17-20(15)12-7-5-4-6-8-12/h4-9H,3,10H2,1-2H3. The molecule has 0 atom stereocenters. The van der Waals surface area contributed by atoms with Crippen molar-refractivity contribution in [1.82, 2.24) is 20.0 Å². The van der Waals surface area contributed by atoms with Crippen LogP contribution in [-0.4, -0.2) is 38.3 Å². The van der Waals surface area contributed by atoms with Crippen molar-refractivity contribution in [2.24, 2.45) is 0 Å². The molecule has 0 unspecified atom stereocenters. The molecule has 3 rings (SSSR count). The van der Waals surface area contributed by atoms with E-state index in [2.05, 4.69) is 15.3 Å². The zero-order chi connectivity index (χ0) is 16.2. The molecule has 0 aliphatic carbocycles. The molecule has 1 aromatic carbocycles. The number of fused-ring (bicyclic) bond motifs is 1. The minimum Gasteiger partial charge on any atom is -0.465 e. The summed E-state index contributed by atoms with van der Waals surface area (Å²) in [5.41, 5.74) is 2.61. The number of nitrogens with zero attached hydrogens (tertiary/aromatic N) is 4. The minimum absolute atomic E-state index is 0.195. The highest BCUT2D eigenvalue weighted by Gasteiger charge is 2.16. The van der Waals surface area contributed by atoms with Crippen LogP contribution in [0, 0.1) is 6.92 Å². The Bertz CT molecular complexity index is 833. The van der Waals surface area contributed by atoms with Gasteiger partial charge in [0.1, 0.15) is 10.5 Å². The Kier molecular flexibility index (Phi) is 4.57. The lowest BCUT2D eigenvalue weighted by atomic mass is 10.3. The van der Waals surface area contributed by atoms with Crippen LogP contribution in [0.2, 0.25) is 0 Å². The SMILES string of the molecule is CCOC(=O)CSc1nnc(C)c2cnn(-c3ccccc3)c12. The number of benzene rings is 1. The van der Waals surface area contributed by atoms with Gasteiger partial charge in [0.15, 0.2) is 0 Å². The first-order valence-electron chi connectivity index (χ1n) is 7.25. The number of thioether (sulfide) groups is 1. The second-order valence-corrected chi connectivity index (χ2v) is 5.80. The van der Waals surface area contributed by atoms with Crippen molar-refractivity contribution in [2.75, 3.05) is 12.4 Å². The number of hydrogen-bond donors (Lipinski definition) is 0. The molecule has 6 nitrogen and oxygen atoms in total. The van der Waals surface area contributed by atoms with Crippen LogP contribution in [0.4, 0.5) is 0 Å². The molecule has 0 saturated heterocycles. The van der Waals surface area contributed by atoms with Crippen molar-refractivity contribution in [3.63, 3.8) is 0 Å². The van der Waals surface area contributed by atoms with Crippen molar-refractivity contribution in [1.29, 1.82) is 0 Å². The third-order valence-electron chi connectivity index (χ3n) is 3.29. The van der Waals surface area contributed by atoms with E-state index in [-0.39, 0.29) is 11.7 Å². The normalized spacial score (nSPS) is 10.9. The van der Waals surface area contributed by atoms with Crippen LogP contribution in [0.1, 0.15) is 12.6 Å².